The highest BCUT2D eigenvalue weighted by atomic mass is 31.2. The molecule has 0 aromatic heterocycles. The summed E-state index contributed by atoms with van der Waals surface area (Å²) in [5, 5.41) is 0. The normalized spacial score (nSPS) is 13.7. The van der Waals surface area contributed by atoms with Crippen LogP contribution in [0.3, 0.4) is 0 Å². The molecule has 0 rings (SSSR count). The lowest BCUT2D eigenvalue weighted by atomic mass is 10.3. The van der Waals surface area contributed by atoms with Crippen molar-refractivity contribution in [1.29, 1.82) is 0 Å². The lowest BCUT2D eigenvalue weighted by Gasteiger charge is -2.26. The molecule has 10 heteroatoms. The molecule has 0 heterocycles. The number of esters is 1. The molecule has 0 aliphatic carbocycles. The maximum atomic E-state index is 12.9. The van der Waals surface area contributed by atoms with Gasteiger partial charge >= 0.3 is 21.2 Å². The standard InChI is InChI=1S/C14H30O8P2/c1-6-18-14(15)13(24(17,21-9-4)22-10-5)11-12-23(16,19-7-2)20-8-3/h13H,6-12H2,1-5H3. The Labute approximate surface area is 144 Å². The van der Waals surface area contributed by atoms with Gasteiger partial charge in [0.05, 0.1) is 39.2 Å². The van der Waals surface area contributed by atoms with E-state index in [2.05, 4.69) is 0 Å². The third-order valence-electron chi connectivity index (χ3n) is 2.89. The van der Waals surface area contributed by atoms with Crippen molar-refractivity contribution in [2.24, 2.45) is 0 Å². The van der Waals surface area contributed by atoms with Gasteiger partial charge in [-0.2, -0.15) is 0 Å². The van der Waals surface area contributed by atoms with Gasteiger partial charge in [0, 0.05) is 0 Å². The van der Waals surface area contributed by atoms with E-state index in [4.69, 9.17) is 22.8 Å². The summed E-state index contributed by atoms with van der Waals surface area (Å²) in [4.78, 5) is 12.2. The smallest absolute Gasteiger partial charge is 0.344 e. The summed E-state index contributed by atoms with van der Waals surface area (Å²) in [6.07, 6.45) is -0.129. The minimum Gasteiger partial charge on any atom is -0.465 e. The minimum atomic E-state index is -3.75. The number of rotatable bonds is 14. The zero-order chi connectivity index (χ0) is 18.6. The quantitative estimate of drug-likeness (QED) is 0.327. The van der Waals surface area contributed by atoms with Crippen LogP contribution in [0.5, 0.6) is 0 Å². The van der Waals surface area contributed by atoms with E-state index in [1.165, 1.54) is 0 Å². The Balaban J connectivity index is 5.37. The Bertz CT molecular complexity index is 434. The van der Waals surface area contributed by atoms with Crippen LogP contribution in [0.25, 0.3) is 0 Å². The molecular weight excluding hydrogens is 358 g/mol. The molecule has 0 radical (unpaired) electrons. The Hall–Kier alpha value is -0.230. The van der Waals surface area contributed by atoms with Crippen molar-refractivity contribution >= 4 is 21.2 Å². The summed E-state index contributed by atoms with van der Waals surface area (Å²) < 4.78 is 51.4. The molecule has 8 nitrogen and oxygen atoms in total. The topological polar surface area (TPSA) is 97.4 Å². The summed E-state index contributed by atoms with van der Waals surface area (Å²) in [5.74, 6) is -0.706. The number of ether oxygens (including phenoxy) is 1. The minimum absolute atomic E-state index is 0.0482. The maximum absolute atomic E-state index is 12.9. The molecule has 0 saturated carbocycles. The fraction of sp³-hybridized carbons (Fsp3) is 0.929. The first-order valence-electron chi connectivity index (χ1n) is 8.25. The van der Waals surface area contributed by atoms with Gasteiger partial charge < -0.3 is 22.8 Å². The first kappa shape index (κ1) is 23.8. The second-order valence-electron chi connectivity index (χ2n) is 4.60. The van der Waals surface area contributed by atoms with Crippen LogP contribution in [0.4, 0.5) is 0 Å². The summed E-state index contributed by atoms with van der Waals surface area (Å²) in [6, 6.07) is 0. The molecule has 0 amide bonds. The highest BCUT2D eigenvalue weighted by Crippen LogP contribution is 2.57. The van der Waals surface area contributed by atoms with Crippen LogP contribution in [-0.2, 0) is 36.8 Å². The average molecular weight is 388 g/mol. The van der Waals surface area contributed by atoms with Crippen LogP contribution >= 0.6 is 15.2 Å². The Morgan fingerprint density at radius 3 is 1.62 bits per heavy atom. The van der Waals surface area contributed by atoms with Crippen LogP contribution in [0.1, 0.15) is 41.0 Å². The zero-order valence-electron chi connectivity index (χ0n) is 15.2. The molecule has 0 aliphatic heterocycles. The van der Waals surface area contributed by atoms with Gasteiger partial charge in [-0.05, 0) is 41.0 Å². The Morgan fingerprint density at radius 2 is 1.25 bits per heavy atom. The molecule has 0 bridgehead atoms. The third-order valence-corrected chi connectivity index (χ3v) is 7.46. The molecule has 0 aromatic rings. The molecule has 0 spiro atoms. The number of carbonyl (C=O) groups excluding carboxylic acids is 1. The second-order valence-corrected chi connectivity index (χ2v) is 9.01. The molecule has 1 atom stereocenters. The van der Waals surface area contributed by atoms with Crippen molar-refractivity contribution in [2.45, 2.75) is 46.7 Å². The molecule has 0 N–H and O–H groups in total. The van der Waals surface area contributed by atoms with Gasteiger partial charge in [0.1, 0.15) is 0 Å². The van der Waals surface area contributed by atoms with Crippen molar-refractivity contribution in [3.05, 3.63) is 0 Å². The van der Waals surface area contributed by atoms with Gasteiger partial charge in [0.15, 0.2) is 5.66 Å². The summed E-state index contributed by atoms with van der Waals surface area (Å²) >= 11 is 0. The first-order chi connectivity index (χ1) is 11.3. The number of carbonyl (C=O) groups is 1. The SMILES string of the molecule is CCOC(=O)C(CCP(=O)(OCC)OCC)P(=O)(OCC)OCC. The summed E-state index contributed by atoms with van der Waals surface area (Å²) in [5.41, 5.74) is -1.17. The van der Waals surface area contributed by atoms with Crippen LogP contribution in [-0.4, -0.2) is 50.8 Å². The Kier molecular flexibility index (Phi) is 12.1. The highest BCUT2D eigenvalue weighted by molar-refractivity contribution is 7.56. The van der Waals surface area contributed by atoms with Gasteiger partial charge in [0.25, 0.3) is 0 Å². The Morgan fingerprint density at radius 1 is 0.792 bits per heavy atom. The van der Waals surface area contributed by atoms with E-state index < -0.39 is 26.8 Å². The van der Waals surface area contributed by atoms with Crippen LogP contribution < -0.4 is 0 Å². The fourth-order valence-corrected chi connectivity index (χ4v) is 5.89. The summed E-state index contributed by atoms with van der Waals surface area (Å²) in [7, 11) is -7.13. The van der Waals surface area contributed by atoms with Gasteiger partial charge in [0.2, 0.25) is 0 Å². The largest absolute Gasteiger partial charge is 0.465 e. The van der Waals surface area contributed by atoms with Crippen LogP contribution in [0.15, 0.2) is 0 Å². The van der Waals surface area contributed by atoms with E-state index >= 15 is 0 Å². The average Bonchev–Trinajstić information content (AvgIpc) is 2.48. The molecule has 24 heavy (non-hydrogen) atoms. The monoisotopic (exact) mass is 388 g/mol. The van der Waals surface area contributed by atoms with E-state index in [1.54, 1.807) is 34.6 Å². The highest BCUT2D eigenvalue weighted by Gasteiger charge is 2.43. The van der Waals surface area contributed by atoms with E-state index in [9.17, 15) is 13.9 Å². The van der Waals surface area contributed by atoms with Crippen molar-refractivity contribution in [1.82, 2.24) is 0 Å². The molecule has 0 aromatic carbocycles. The van der Waals surface area contributed by atoms with Gasteiger partial charge in [-0.3, -0.25) is 13.9 Å². The molecule has 0 fully saturated rings. The predicted molar refractivity (Wildman–Crippen MR) is 91.6 cm³/mol. The number of hydrogen-bond acceptors (Lipinski definition) is 8. The van der Waals surface area contributed by atoms with Crippen molar-refractivity contribution in [3.8, 4) is 0 Å². The van der Waals surface area contributed by atoms with Crippen LogP contribution in [0, 0.1) is 0 Å². The third kappa shape index (κ3) is 7.77. The zero-order valence-corrected chi connectivity index (χ0v) is 17.0. The van der Waals surface area contributed by atoms with Crippen molar-refractivity contribution in [3.63, 3.8) is 0 Å². The molecule has 1 unspecified atom stereocenters. The van der Waals surface area contributed by atoms with Crippen molar-refractivity contribution < 1.29 is 36.8 Å². The van der Waals surface area contributed by atoms with E-state index in [-0.39, 0.29) is 45.6 Å². The number of hydrogen-bond donors (Lipinski definition) is 0. The van der Waals surface area contributed by atoms with Gasteiger partial charge in [-0.25, -0.2) is 0 Å². The van der Waals surface area contributed by atoms with E-state index in [0.29, 0.717) is 0 Å². The van der Waals surface area contributed by atoms with Crippen molar-refractivity contribution in [2.75, 3.05) is 39.2 Å². The van der Waals surface area contributed by atoms with E-state index in [1.807, 2.05) is 0 Å². The van der Waals surface area contributed by atoms with E-state index in [0.717, 1.165) is 0 Å². The maximum Gasteiger partial charge on any atom is 0.344 e. The second kappa shape index (κ2) is 12.2. The fourth-order valence-electron chi connectivity index (χ4n) is 2.06. The lowest BCUT2D eigenvalue weighted by Crippen LogP contribution is -2.27. The molecular formula is C14H30O8P2. The van der Waals surface area contributed by atoms with Gasteiger partial charge in [-0.1, -0.05) is 0 Å². The molecule has 0 aliphatic rings. The predicted octanol–water partition coefficient (Wildman–Crippen LogP) is 3.84. The first-order valence-corrected chi connectivity index (χ1v) is 11.6. The molecule has 144 valence electrons. The van der Waals surface area contributed by atoms with Crippen LogP contribution in [0.2, 0.25) is 0 Å². The molecule has 0 saturated heterocycles. The van der Waals surface area contributed by atoms with Gasteiger partial charge in [-0.15, -0.1) is 0 Å². The summed E-state index contributed by atoms with van der Waals surface area (Å²) in [6.45, 7) is 9.10. The lowest BCUT2D eigenvalue weighted by molar-refractivity contribution is -0.143.